The van der Waals surface area contributed by atoms with E-state index in [0.717, 1.165) is 17.7 Å². The van der Waals surface area contributed by atoms with Gasteiger partial charge in [-0.05, 0) is 31.4 Å². The molecule has 1 aromatic heterocycles. The quantitative estimate of drug-likeness (QED) is 0.923. The third kappa shape index (κ3) is 2.97. The minimum Gasteiger partial charge on any atom is -0.481 e. The number of aryl methyl sites for hydroxylation is 1. The molecule has 0 saturated carbocycles. The summed E-state index contributed by atoms with van der Waals surface area (Å²) in [5, 5.41) is 9.25. The lowest BCUT2D eigenvalue weighted by atomic mass is 9.92. The fraction of sp³-hybridized carbons (Fsp3) is 0.571. The molecule has 0 aromatic carbocycles. The third-order valence-electron chi connectivity index (χ3n) is 3.66. The first-order chi connectivity index (χ1) is 9.02. The molecule has 2 heterocycles. The summed E-state index contributed by atoms with van der Waals surface area (Å²) in [6.07, 6.45) is 1.82. The number of hydrogen-bond acceptors (Lipinski definition) is 3. The molecule has 1 aliphatic rings. The lowest BCUT2D eigenvalue weighted by molar-refractivity contribution is -0.142. The van der Waals surface area contributed by atoms with Crippen molar-refractivity contribution in [2.45, 2.75) is 26.7 Å². The van der Waals surface area contributed by atoms with Crippen molar-refractivity contribution in [1.82, 2.24) is 4.90 Å². The fourth-order valence-corrected chi connectivity index (χ4v) is 3.52. The van der Waals surface area contributed by atoms with Crippen molar-refractivity contribution < 1.29 is 14.7 Å². The number of rotatable bonds is 4. The van der Waals surface area contributed by atoms with Gasteiger partial charge in [0.25, 0.3) is 5.91 Å². The van der Waals surface area contributed by atoms with Crippen molar-refractivity contribution in [2.24, 2.45) is 11.8 Å². The summed E-state index contributed by atoms with van der Waals surface area (Å²) in [6, 6.07) is 3.75. The average molecular weight is 281 g/mol. The molecule has 2 rings (SSSR count). The van der Waals surface area contributed by atoms with Gasteiger partial charge in [-0.15, -0.1) is 11.3 Å². The van der Waals surface area contributed by atoms with Crippen molar-refractivity contribution in [3.05, 3.63) is 21.9 Å². The summed E-state index contributed by atoms with van der Waals surface area (Å²) >= 11 is 1.47. The van der Waals surface area contributed by atoms with Crippen LogP contribution in [0.2, 0.25) is 0 Å². The topological polar surface area (TPSA) is 57.6 Å². The monoisotopic (exact) mass is 281 g/mol. The second-order valence-electron chi connectivity index (χ2n) is 5.11. The molecule has 19 heavy (non-hydrogen) atoms. The van der Waals surface area contributed by atoms with Gasteiger partial charge < -0.3 is 10.0 Å². The van der Waals surface area contributed by atoms with E-state index in [2.05, 4.69) is 0 Å². The molecule has 0 radical (unpaired) electrons. The van der Waals surface area contributed by atoms with Crippen LogP contribution in [0.5, 0.6) is 0 Å². The average Bonchev–Trinajstić information content (AvgIpc) is 2.95. The van der Waals surface area contributed by atoms with Gasteiger partial charge in [0.1, 0.15) is 0 Å². The van der Waals surface area contributed by atoms with Gasteiger partial charge in [0, 0.05) is 18.0 Å². The standard InChI is InChI=1S/C14H19NO3S/c1-3-4-10-7-15(8-11(10)14(17)18)13(16)12-6-5-9(2)19-12/h5-6,10-11H,3-4,7-8H2,1-2H3,(H,17,18)/t10-,11-/m1/s1. The van der Waals surface area contributed by atoms with Gasteiger partial charge in [0.2, 0.25) is 0 Å². The van der Waals surface area contributed by atoms with Crippen LogP contribution in [0.4, 0.5) is 0 Å². The van der Waals surface area contributed by atoms with Gasteiger partial charge in [-0.2, -0.15) is 0 Å². The van der Waals surface area contributed by atoms with Crippen molar-refractivity contribution in [3.63, 3.8) is 0 Å². The molecule has 2 atom stereocenters. The molecule has 1 aromatic rings. The van der Waals surface area contributed by atoms with E-state index in [4.69, 9.17) is 0 Å². The first-order valence-corrected chi connectivity index (χ1v) is 7.43. The van der Waals surface area contributed by atoms with E-state index in [9.17, 15) is 14.7 Å². The van der Waals surface area contributed by atoms with Crippen LogP contribution in [0.25, 0.3) is 0 Å². The van der Waals surface area contributed by atoms with Gasteiger partial charge in [0.05, 0.1) is 10.8 Å². The number of carbonyl (C=O) groups excluding carboxylic acids is 1. The molecule has 104 valence electrons. The van der Waals surface area contributed by atoms with Gasteiger partial charge in [0.15, 0.2) is 0 Å². The molecule has 5 heteroatoms. The highest BCUT2D eigenvalue weighted by Crippen LogP contribution is 2.29. The summed E-state index contributed by atoms with van der Waals surface area (Å²) < 4.78 is 0. The van der Waals surface area contributed by atoms with Gasteiger partial charge in [-0.3, -0.25) is 9.59 Å². The zero-order valence-corrected chi connectivity index (χ0v) is 12.1. The molecule has 1 N–H and O–H groups in total. The molecule has 0 unspecified atom stereocenters. The van der Waals surface area contributed by atoms with Crippen molar-refractivity contribution in [3.8, 4) is 0 Å². The van der Waals surface area contributed by atoms with Gasteiger partial charge in [-0.1, -0.05) is 13.3 Å². The third-order valence-corrected chi connectivity index (χ3v) is 4.64. The molecule has 0 spiro atoms. The summed E-state index contributed by atoms with van der Waals surface area (Å²) in [6.45, 7) is 4.92. The molecular formula is C14H19NO3S. The maximum absolute atomic E-state index is 12.3. The SMILES string of the molecule is CCC[C@@H]1CN(C(=O)c2ccc(C)s2)C[C@H]1C(=O)O. The summed E-state index contributed by atoms with van der Waals surface area (Å²) in [7, 11) is 0. The fourth-order valence-electron chi connectivity index (χ4n) is 2.69. The molecular weight excluding hydrogens is 262 g/mol. The summed E-state index contributed by atoms with van der Waals surface area (Å²) in [4.78, 5) is 27.1. The number of hydrogen-bond donors (Lipinski definition) is 1. The normalized spacial score (nSPS) is 22.7. The molecule has 1 fully saturated rings. The number of nitrogens with zero attached hydrogens (tertiary/aromatic N) is 1. The Labute approximate surface area is 117 Å². The van der Waals surface area contributed by atoms with Gasteiger partial charge >= 0.3 is 5.97 Å². The lowest BCUT2D eigenvalue weighted by Crippen LogP contribution is -2.29. The van der Waals surface area contributed by atoms with Crippen LogP contribution < -0.4 is 0 Å². The van der Waals surface area contributed by atoms with Crippen LogP contribution in [0.15, 0.2) is 12.1 Å². The minimum atomic E-state index is -0.781. The minimum absolute atomic E-state index is 0.0250. The predicted molar refractivity (Wildman–Crippen MR) is 74.5 cm³/mol. The van der Waals surface area contributed by atoms with Crippen LogP contribution in [0, 0.1) is 18.8 Å². The molecule has 1 amide bonds. The van der Waals surface area contributed by atoms with Crippen LogP contribution in [-0.2, 0) is 4.79 Å². The molecule has 1 saturated heterocycles. The van der Waals surface area contributed by atoms with Crippen LogP contribution in [-0.4, -0.2) is 35.0 Å². The van der Waals surface area contributed by atoms with Crippen molar-refractivity contribution in [2.75, 3.05) is 13.1 Å². The Balaban J connectivity index is 2.10. The molecule has 4 nitrogen and oxygen atoms in total. The highest BCUT2D eigenvalue weighted by Gasteiger charge is 2.39. The summed E-state index contributed by atoms with van der Waals surface area (Å²) in [5.41, 5.74) is 0. The number of likely N-dealkylation sites (tertiary alicyclic amines) is 1. The zero-order valence-electron chi connectivity index (χ0n) is 11.3. The number of amides is 1. The second-order valence-corrected chi connectivity index (χ2v) is 6.40. The maximum atomic E-state index is 12.3. The second kappa shape index (κ2) is 5.74. The number of thiophene rings is 1. The summed E-state index contributed by atoms with van der Waals surface area (Å²) in [5.74, 6) is -1.13. The van der Waals surface area contributed by atoms with E-state index in [0.29, 0.717) is 18.0 Å². The van der Waals surface area contributed by atoms with E-state index < -0.39 is 11.9 Å². The Morgan fingerprint density at radius 3 is 2.68 bits per heavy atom. The lowest BCUT2D eigenvalue weighted by Gasteiger charge is -2.14. The van der Waals surface area contributed by atoms with E-state index in [-0.39, 0.29) is 11.8 Å². The number of aliphatic carboxylic acids is 1. The Morgan fingerprint density at radius 1 is 1.42 bits per heavy atom. The van der Waals surface area contributed by atoms with E-state index in [1.54, 1.807) is 4.90 Å². The molecule has 1 aliphatic heterocycles. The van der Waals surface area contributed by atoms with Crippen LogP contribution >= 0.6 is 11.3 Å². The highest BCUT2D eigenvalue weighted by atomic mass is 32.1. The van der Waals surface area contributed by atoms with Gasteiger partial charge in [-0.25, -0.2) is 0 Å². The molecule has 0 aliphatic carbocycles. The Kier molecular flexibility index (Phi) is 4.24. The van der Waals surface area contributed by atoms with Crippen LogP contribution in [0.1, 0.15) is 34.3 Å². The highest BCUT2D eigenvalue weighted by molar-refractivity contribution is 7.13. The van der Waals surface area contributed by atoms with Crippen molar-refractivity contribution >= 4 is 23.2 Å². The first-order valence-electron chi connectivity index (χ1n) is 6.61. The number of carboxylic acids is 1. The zero-order chi connectivity index (χ0) is 14.0. The van der Waals surface area contributed by atoms with E-state index in [1.807, 2.05) is 26.0 Å². The van der Waals surface area contributed by atoms with E-state index >= 15 is 0 Å². The Bertz CT molecular complexity index is 483. The number of carbonyl (C=O) groups is 2. The Morgan fingerprint density at radius 2 is 2.16 bits per heavy atom. The Hall–Kier alpha value is -1.36. The smallest absolute Gasteiger partial charge is 0.308 e. The first kappa shape index (κ1) is 14.1. The largest absolute Gasteiger partial charge is 0.481 e. The van der Waals surface area contributed by atoms with E-state index in [1.165, 1.54) is 11.3 Å². The molecule has 0 bridgehead atoms. The van der Waals surface area contributed by atoms with Crippen molar-refractivity contribution in [1.29, 1.82) is 0 Å². The number of carboxylic acid groups (broad SMARTS) is 1. The predicted octanol–water partition coefficient (Wildman–Crippen LogP) is 2.63. The van der Waals surface area contributed by atoms with Crippen LogP contribution in [0.3, 0.4) is 0 Å². The maximum Gasteiger partial charge on any atom is 0.308 e.